The third-order valence-corrected chi connectivity index (χ3v) is 4.69. The van der Waals surface area contributed by atoms with Gasteiger partial charge in [0.15, 0.2) is 0 Å². The molecule has 0 aliphatic heterocycles. The molecular formula is C25H27NO2. The zero-order valence-electron chi connectivity index (χ0n) is 16.5. The molecule has 0 radical (unpaired) electrons. The van der Waals surface area contributed by atoms with Gasteiger partial charge in [-0.3, -0.25) is 4.79 Å². The molecule has 28 heavy (non-hydrogen) atoms. The molecule has 0 aliphatic carbocycles. The van der Waals surface area contributed by atoms with Gasteiger partial charge >= 0.3 is 0 Å². The Kier molecular flexibility index (Phi) is 6.85. The van der Waals surface area contributed by atoms with E-state index in [2.05, 4.69) is 36.5 Å². The van der Waals surface area contributed by atoms with Crippen LogP contribution in [0.15, 0.2) is 78.9 Å². The third-order valence-electron chi connectivity index (χ3n) is 4.69. The Hall–Kier alpha value is -3.07. The summed E-state index contributed by atoms with van der Waals surface area (Å²) in [6, 6.07) is 26.2. The van der Waals surface area contributed by atoms with Crippen molar-refractivity contribution >= 4 is 5.91 Å². The highest BCUT2D eigenvalue weighted by molar-refractivity contribution is 5.77. The first-order valence-corrected chi connectivity index (χ1v) is 9.72. The minimum absolute atomic E-state index is 0.0296. The molecule has 0 heterocycles. The van der Waals surface area contributed by atoms with Gasteiger partial charge in [-0.25, -0.2) is 0 Å². The molecule has 3 rings (SSSR count). The summed E-state index contributed by atoms with van der Waals surface area (Å²) in [4.78, 5) is 12.6. The van der Waals surface area contributed by atoms with E-state index in [-0.39, 0.29) is 11.9 Å². The number of aryl methyl sites for hydroxylation is 2. The van der Waals surface area contributed by atoms with E-state index in [0.29, 0.717) is 19.4 Å². The number of rotatable bonds is 8. The summed E-state index contributed by atoms with van der Waals surface area (Å²) >= 11 is 0. The van der Waals surface area contributed by atoms with Crippen LogP contribution >= 0.6 is 0 Å². The van der Waals surface area contributed by atoms with Crippen molar-refractivity contribution in [3.8, 4) is 5.75 Å². The third kappa shape index (κ3) is 5.71. The lowest BCUT2D eigenvalue weighted by Gasteiger charge is -2.20. The van der Waals surface area contributed by atoms with Crippen molar-refractivity contribution in [1.29, 1.82) is 0 Å². The van der Waals surface area contributed by atoms with Crippen molar-refractivity contribution in [2.75, 3.05) is 6.61 Å². The Morgan fingerprint density at radius 1 is 0.821 bits per heavy atom. The molecule has 1 unspecified atom stereocenters. The predicted octanol–water partition coefficient (Wildman–Crippen LogP) is 5.37. The quantitative estimate of drug-likeness (QED) is 0.539. The van der Waals surface area contributed by atoms with Gasteiger partial charge in [0.1, 0.15) is 5.75 Å². The van der Waals surface area contributed by atoms with Crippen LogP contribution in [0.25, 0.3) is 0 Å². The van der Waals surface area contributed by atoms with Gasteiger partial charge in [-0.15, -0.1) is 0 Å². The van der Waals surface area contributed by atoms with Gasteiger partial charge in [-0.1, -0.05) is 77.9 Å². The van der Waals surface area contributed by atoms with Crippen molar-refractivity contribution in [2.24, 2.45) is 0 Å². The monoisotopic (exact) mass is 373 g/mol. The first-order chi connectivity index (χ1) is 13.6. The topological polar surface area (TPSA) is 38.3 Å². The number of carbonyl (C=O) groups excluding carboxylic acids is 1. The molecule has 0 aliphatic rings. The second kappa shape index (κ2) is 9.75. The standard InChI is InChI=1S/C25H27NO2/c1-19-10-14-22(15-11-19)25(21-7-4-3-5-8-21)26-24(27)9-6-18-28-23-16-12-20(2)13-17-23/h3-5,7-8,10-17,25H,6,9,18H2,1-2H3,(H,26,27). The van der Waals surface area contributed by atoms with E-state index in [9.17, 15) is 4.79 Å². The molecule has 3 nitrogen and oxygen atoms in total. The number of benzene rings is 3. The van der Waals surface area contributed by atoms with Crippen molar-refractivity contribution in [3.63, 3.8) is 0 Å². The molecule has 3 heteroatoms. The second-order valence-corrected chi connectivity index (χ2v) is 7.09. The summed E-state index contributed by atoms with van der Waals surface area (Å²) in [5.74, 6) is 0.870. The van der Waals surface area contributed by atoms with Crippen molar-refractivity contribution in [1.82, 2.24) is 5.32 Å². The predicted molar refractivity (Wildman–Crippen MR) is 114 cm³/mol. The van der Waals surface area contributed by atoms with Crippen LogP contribution in [0.2, 0.25) is 0 Å². The highest BCUT2D eigenvalue weighted by atomic mass is 16.5. The summed E-state index contributed by atoms with van der Waals surface area (Å²) in [6.45, 7) is 4.64. The zero-order valence-corrected chi connectivity index (χ0v) is 16.5. The minimum Gasteiger partial charge on any atom is -0.494 e. The summed E-state index contributed by atoms with van der Waals surface area (Å²) in [6.07, 6.45) is 1.11. The first-order valence-electron chi connectivity index (χ1n) is 9.72. The van der Waals surface area contributed by atoms with Crippen LogP contribution in [-0.4, -0.2) is 12.5 Å². The molecule has 3 aromatic carbocycles. The number of carbonyl (C=O) groups is 1. The molecule has 0 fully saturated rings. The Bertz CT molecular complexity index is 871. The lowest BCUT2D eigenvalue weighted by Crippen LogP contribution is -2.29. The van der Waals surface area contributed by atoms with E-state index >= 15 is 0 Å². The molecule has 1 amide bonds. The fraction of sp³-hybridized carbons (Fsp3) is 0.240. The van der Waals surface area contributed by atoms with E-state index in [1.165, 1.54) is 11.1 Å². The molecule has 0 aromatic heterocycles. The normalized spacial score (nSPS) is 11.6. The van der Waals surface area contributed by atoms with Gasteiger partial charge < -0.3 is 10.1 Å². The van der Waals surface area contributed by atoms with Gasteiger partial charge in [0, 0.05) is 6.42 Å². The van der Waals surface area contributed by atoms with E-state index in [1.54, 1.807) is 0 Å². The second-order valence-electron chi connectivity index (χ2n) is 7.09. The Morgan fingerprint density at radius 2 is 1.39 bits per heavy atom. The van der Waals surface area contributed by atoms with Crippen LogP contribution in [0.5, 0.6) is 5.75 Å². The van der Waals surface area contributed by atoms with Gasteiger partial charge in [-0.05, 0) is 43.5 Å². The van der Waals surface area contributed by atoms with Gasteiger partial charge in [0.25, 0.3) is 0 Å². The van der Waals surface area contributed by atoms with Crippen LogP contribution in [-0.2, 0) is 4.79 Å². The Balaban J connectivity index is 1.56. The lowest BCUT2D eigenvalue weighted by atomic mass is 9.97. The molecule has 3 aromatic rings. The summed E-state index contributed by atoms with van der Waals surface area (Å²) in [7, 11) is 0. The van der Waals surface area contributed by atoms with Gasteiger partial charge in [0.05, 0.1) is 12.6 Å². The van der Waals surface area contributed by atoms with Crippen molar-refractivity contribution in [2.45, 2.75) is 32.7 Å². The summed E-state index contributed by atoms with van der Waals surface area (Å²) < 4.78 is 5.72. The van der Waals surface area contributed by atoms with Crippen LogP contribution in [0, 0.1) is 13.8 Å². The highest BCUT2D eigenvalue weighted by Gasteiger charge is 2.16. The minimum atomic E-state index is -0.146. The van der Waals surface area contributed by atoms with E-state index in [1.807, 2.05) is 61.5 Å². The highest BCUT2D eigenvalue weighted by Crippen LogP contribution is 2.22. The maximum atomic E-state index is 12.6. The molecule has 144 valence electrons. The molecule has 0 spiro atoms. The lowest BCUT2D eigenvalue weighted by molar-refractivity contribution is -0.121. The molecule has 1 N–H and O–H groups in total. The molecule has 0 bridgehead atoms. The fourth-order valence-corrected chi connectivity index (χ4v) is 3.05. The fourth-order valence-electron chi connectivity index (χ4n) is 3.05. The Morgan fingerprint density at radius 3 is 2.04 bits per heavy atom. The molecule has 0 saturated carbocycles. The summed E-state index contributed by atoms with van der Waals surface area (Å²) in [5, 5.41) is 3.18. The van der Waals surface area contributed by atoms with Gasteiger partial charge in [-0.2, -0.15) is 0 Å². The average molecular weight is 373 g/mol. The zero-order chi connectivity index (χ0) is 19.8. The molecule has 1 atom stereocenters. The van der Waals surface area contributed by atoms with Crippen molar-refractivity contribution in [3.05, 3.63) is 101 Å². The van der Waals surface area contributed by atoms with Crippen LogP contribution in [0.3, 0.4) is 0 Å². The van der Waals surface area contributed by atoms with Crippen LogP contribution in [0.4, 0.5) is 0 Å². The number of amides is 1. The maximum Gasteiger partial charge on any atom is 0.220 e. The summed E-state index contributed by atoms with van der Waals surface area (Å²) in [5.41, 5.74) is 4.57. The SMILES string of the molecule is Cc1ccc(OCCCC(=O)NC(c2ccccc2)c2ccc(C)cc2)cc1. The van der Waals surface area contributed by atoms with Crippen LogP contribution < -0.4 is 10.1 Å². The smallest absolute Gasteiger partial charge is 0.220 e. The van der Waals surface area contributed by atoms with Gasteiger partial charge in [0.2, 0.25) is 5.91 Å². The molecular weight excluding hydrogens is 346 g/mol. The first kappa shape index (κ1) is 19.7. The number of nitrogens with one attached hydrogen (secondary N) is 1. The number of hydrogen-bond acceptors (Lipinski definition) is 2. The average Bonchev–Trinajstić information content (AvgIpc) is 2.72. The maximum absolute atomic E-state index is 12.6. The van der Waals surface area contributed by atoms with E-state index in [0.717, 1.165) is 16.9 Å². The van der Waals surface area contributed by atoms with Crippen molar-refractivity contribution < 1.29 is 9.53 Å². The number of ether oxygens (including phenoxy) is 1. The van der Waals surface area contributed by atoms with Crippen LogP contribution in [0.1, 0.15) is 41.1 Å². The van der Waals surface area contributed by atoms with E-state index in [4.69, 9.17) is 4.74 Å². The largest absolute Gasteiger partial charge is 0.494 e. The molecule has 0 saturated heterocycles. The Labute approximate surface area is 167 Å². The van der Waals surface area contributed by atoms with E-state index < -0.39 is 0 Å². The number of hydrogen-bond donors (Lipinski definition) is 1.